The molecular weight excluding hydrogens is 497 g/mol. The Balaban J connectivity index is 1.45. The van der Waals surface area contributed by atoms with E-state index in [2.05, 4.69) is 21.6 Å². The van der Waals surface area contributed by atoms with Crippen molar-refractivity contribution in [2.45, 2.75) is 56.9 Å². The number of ether oxygens (including phenoxy) is 1. The zero-order chi connectivity index (χ0) is 27.1. The number of alkyl halides is 3. The fourth-order valence-electron chi connectivity index (χ4n) is 5.00. The van der Waals surface area contributed by atoms with Crippen LogP contribution >= 0.6 is 0 Å². The van der Waals surface area contributed by atoms with Gasteiger partial charge in [-0.1, -0.05) is 26.0 Å². The summed E-state index contributed by atoms with van der Waals surface area (Å²) in [5.41, 5.74) is 0.943. The van der Waals surface area contributed by atoms with E-state index in [0.717, 1.165) is 29.5 Å². The third kappa shape index (κ3) is 5.45. The standard InChI is InChI=1S/C28H31F3N4O3/c1-17(2)13-22(26(36)34-27(16-32)7-8-27)33-25(28(29,30)31)18-3-5-20-21-15-19(35-9-11-37-12-10-35)4-6-23(21)38-24(20)14-18/h3-6,14-15,17,22,25,33H,7-13H2,1-2H3,(H,34,36). The van der Waals surface area contributed by atoms with Crippen molar-refractivity contribution in [3.8, 4) is 6.07 Å². The van der Waals surface area contributed by atoms with Crippen LogP contribution in [0.1, 0.15) is 44.7 Å². The molecule has 0 bridgehead atoms. The van der Waals surface area contributed by atoms with Crippen LogP contribution in [0.25, 0.3) is 21.9 Å². The molecule has 38 heavy (non-hydrogen) atoms. The van der Waals surface area contributed by atoms with E-state index in [4.69, 9.17) is 9.15 Å². The summed E-state index contributed by atoms with van der Waals surface area (Å²) in [5, 5.41) is 16.1. The van der Waals surface area contributed by atoms with Crippen LogP contribution in [0.5, 0.6) is 0 Å². The van der Waals surface area contributed by atoms with Gasteiger partial charge in [0.25, 0.3) is 0 Å². The summed E-state index contributed by atoms with van der Waals surface area (Å²) in [6.07, 6.45) is -3.47. The molecular formula is C28H31F3N4O3. The number of rotatable bonds is 8. The average Bonchev–Trinajstić information content (AvgIpc) is 3.56. The van der Waals surface area contributed by atoms with Gasteiger partial charge in [0.2, 0.25) is 5.91 Å². The molecule has 2 heterocycles. The number of hydrogen-bond acceptors (Lipinski definition) is 6. The highest BCUT2D eigenvalue weighted by molar-refractivity contribution is 6.06. The van der Waals surface area contributed by atoms with E-state index in [1.165, 1.54) is 12.1 Å². The predicted octanol–water partition coefficient (Wildman–Crippen LogP) is 5.20. The highest BCUT2D eigenvalue weighted by atomic mass is 19.4. The maximum Gasteiger partial charge on any atom is 0.407 e. The monoisotopic (exact) mass is 528 g/mol. The van der Waals surface area contributed by atoms with Crippen LogP contribution in [0.2, 0.25) is 0 Å². The Hall–Kier alpha value is -3.29. The summed E-state index contributed by atoms with van der Waals surface area (Å²) in [5.74, 6) is -0.629. The highest BCUT2D eigenvalue weighted by Gasteiger charge is 2.47. The lowest BCUT2D eigenvalue weighted by molar-refractivity contribution is -0.161. The smallest absolute Gasteiger partial charge is 0.407 e. The molecule has 5 rings (SSSR count). The third-order valence-corrected chi connectivity index (χ3v) is 7.23. The fraction of sp³-hybridized carbons (Fsp3) is 0.500. The van der Waals surface area contributed by atoms with Crippen LogP contribution in [-0.4, -0.2) is 50.0 Å². The van der Waals surface area contributed by atoms with Crippen LogP contribution in [0.4, 0.5) is 18.9 Å². The first-order chi connectivity index (χ1) is 18.1. The minimum absolute atomic E-state index is 0.0390. The maximum absolute atomic E-state index is 14.4. The molecule has 10 heteroatoms. The second-order valence-corrected chi connectivity index (χ2v) is 10.6. The van der Waals surface area contributed by atoms with Crippen LogP contribution in [-0.2, 0) is 9.53 Å². The topological polar surface area (TPSA) is 90.5 Å². The summed E-state index contributed by atoms with van der Waals surface area (Å²) in [4.78, 5) is 15.2. The molecule has 3 aromatic rings. The van der Waals surface area contributed by atoms with Crippen LogP contribution in [0.3, 0.4) is 0 Å². The molecule has 1 aromatic heterocycles. The molecule has 2 N–H and O–H groups in total. The minimum Gasteiger partial charge on any atom is -0.456 e. The molecule has 2 aromatic carbocycles. The zero-order valence-electron chi connectivity index (χ0n) is 21.4. The van der Waals surface area contributed by atoms with E-state index >= 15 is 0 Å². The Morgan fingerprint density at radius 3 is 2.47 bits per heavy atom. The first kappa shape index (κ1) is 26.3. The molecule has 2 aliphatic rings. The zero-order valence-corrected chi connectivity index (χ0v) is 21.4. The predicted molar refractivity (Wildman–Crippen MR) is 138 cm³/mol. The SMILES string of the molecule is CC(C)CC(NC(c1ccc2c(c1)oc1ccc(N3CCOCC3)cc12)C(F)(F)F)C(=O)NC1(C#N)CC1. The normalized spacial score (nSPS) is 18.9. The first-order valence-corrected chi connectivity index (χ1v) is 12.9. The van der Waals surface area contributed by atoms with Crippen molar-refractivity contribution in [3.63, 3.8) is 0 Å². The van der Waals surface area contributed by atoms with Crippen molar-refractivity contribution in [1.82, 2.24) is 10.6 Å². The lowest BCUT2D eigenvalue weighted by Gasteiger charge is -2.29. The quantitative estimate of drug-likeness (QED) is 0.418. The number of halogens is 3. The lowest BCUT2D eigenvalue weighted by atomic mass is 9.98. The number of anilines is 1. The molecule has 0 spiro atoms. The summed E-state index contributed by atoms with van der Waals surface area (Å²) >= 11 is 0. The van der Waals surface area contributed by atoms with Gasteiger partial charge in [0.05, 0.1) is 25.3 Å². The lowest BCUT2D eigenvalue weighted by Crippen LogP contribution is -2.52. The Kier molecular flexibility index (Phi) is 7.01. The number of amides is 1. The van der Waals surface area contributed by atoms with Gasteiger partial charge in [0.15, 0.2) is 0 Å². The molecule has 2 fully saturated rings. The van der Waals surface area contributed by atoms with Gasteiger partial charge in [-0.15, -0.1) is 0 Å². The molecule has 1 amide bonds. The number of nitrogens with zero attached hydrogens (tertiary/aromatic N) is 2. The number of nitrogens with one attached hydrogen (secondary N) is 2. The molecule has 0 radical (unpaired) electrons. The number of benzene rings is 2. The van der Waals surface area contributed by atoms with Gasteiger partial charge in [-0.05, 0) is 55.0 Å². The second-order valence-electron chi connectivity index (χ2n) is 10.6. The van der Waals surface area contributed by atoms with Gasteiger partial charge in [-0.25, -0.2) is 0 Å². The van der Waals surface area contributed by atoms with E-state index in [0.29, 0.717) is 37.2 Å². The Bertz CT molecular complexity index is 1370. The average molecular weight is 529 g/mol. The molecule has 1 aliphatic carbocycles. The van der Waals surface area contributed by atoms with E-state index in [1.807, 2.05) is 32.0 Å². The summed E-state index contributed by atoms with van der Waals surface area (Å²) < 4.78 is 54.4. The third-order valence-electron chi connectivity index (χ3n) is 7.23. The van der Waals surface area contributed by atoms with Gasteiger partial charge in [-0.3, -0.25) is 10.1 Å². The highest BCUT2D eigenvalue weighted by Crippen LogP contribution is 2.39. The maximum atomic E-state index is 14.4. The fourth-order valence-corrected chi connectivity index (χ4v) is 5.00. The van der Waals surface area contributed by atoms with Gasteiger partial charge in [-0.2, -0.15) is 18.4 Å². The Morgan fingerprint density at radius 1 is 1.11 bits per heavy atom. The number of nitriles is 1. The summed E-state index contributed by atoms with van der Waals surface area (Å²) in [7, 11) is 0. The first-order valence-electron chi connectivity index (χ1n) is 12.9. The number of fused-ring (bicyclic) bond motifs is 3. The van der Waals surface area contributed by atoms with E-state index in [-0.39, 0.29) is 17.9 Å². The molecule has 1 saturated heterocycles. The van der Waals surface area contributed by atoms with Crippen molar-refractivity contribution in [2.75, 3.05) is 31.2 Å². The Labute approximate surface area is 218 Å². The van der Waals surface area contributed by atoms with Crippen molar-refractivity contribution in [1.29, 1.82) is 5.26 Å². The van der Waals surface area contributed by atoms with Crippen LogP contribution in [0, 0.1) is 17.2 Å². The van der Waals surface area contributed by atoms with Crippen molar-refractivity contribution in [2.24, 2.45) is 5.92 Å². The molecule has 202 valence electrons. The van der Waals surface area contributed by atoms with E-state index < -0.39 is 29.7 Å². The number of carbonyl (C=O) groups is 1. The van der Waals surface area contributed by atoms with Gasteiger partial charge >= 0.3 is 6.18 Å². The summed E-state index contributed by atoms with van der Waals surface area (Å²) in [6, 6.07) is 9.12. The molecule has 1 saturated carbocycles. The van der Waals surface area contributed by atoms with Gasteiger partial charge in [0, 0.05) is 29.5 Å². The molecule has 1 aliphatic heterocycles. The number of morpholine rings is 1. The van der Waals surface area contributed by atoms with Crippen molar-refractivity contribution < 1.29 is 27.1 Å². The minimum atomic E-state index is -4.66. The van der Waals surface area contributed by atoms with E-state index in [9.17, 15) is 23.2 Å². The summed E-state index contributed by atoms with van der Waals surface area (Å²) in [6.45, 7) is 6.51. The van der Waals surface area contributed by atoms with Gasteiger partial charge in [0.1, 0.15) is 22.7 Å². The number of carbonyl (C=O) groups excluding carboxylic acids is 1. The van der Waals surface area contributed by atoms with Crippen molar-refractivity contribution in [3.05, 3.63) is 42.0 Å². The van der Waals surface area contributed by atoms with Crippen LogP contribution < -0.4 is 15.5 Å². The largest absolute Gasteiger partial charge is 0.456 e. The Morgan fingerprint density at radius 2 is 1.84 bits per heavy atom. The number of furan rings is 1. The van der Waals surface area contributed by atoms with Crippen molar-refractivity contribution >= 4 is 33.5 Å². The molecule has 2 atom stereocenters. The van der Waals surface area contributed by atoms with Gasteiger partial charge < -0.3 is 19.4 Å². The molecule has 7 nitrogen and oxygen atoms in total. The second kappa shape index (κ2) is 10.1. The van der Waals surface area contributed by atoms with E-state index in [1.54, 1.807) is 6.07 Å². The number of hydrogen-bond donors (Lipinski definition) is 2. The molecule has 2 unspecified atom stereocenters. The van der Waals surface area contributed by atoms with Crippen LogP contribution in [0.15, 0.2) is 40.8 Å².